The van der Waals surface area contributed by atoms with Crippen LogP contribution in [0.25, 0.3) is 33.4 Å². The lowest BCUT2D eigenvalue weighted by Crippen LogP contribution is -2.34. The molecule has 0 radical (unpaired) electrons. The average molecular weight is 727 g/mol. The Morgan fingerprint density at radius 1 is 0.439 bits per heavy atom. The lowest BCUT2D eigenvalue weighted by atomic mass is 9.70. The SMILES string of the molecule is C1=CC2C(C(N(c3ccccc3)c3ccc(-c4cccc5c4-c4ccccc4C54c5ccccc5-c5ccccc54)cc3)=C1)c1ccccc1N2c1ccccc1. The molecule has 3 aliphatic carbocycles. The second-order valence-electron chi connectivity index (χ2n) is 15.5. The molecule has 57 heavy (non-hydrogen) atoms. The molecule has 0 saturated heterocycles. The maximum Gasteiger partial charge on any atom is 0.0725 e. The van der Waals surface area contributed by atoms with Crippen LogP contribution in [0, 0.1) is 0 Å². The Balaban J connectivity index is 0.997. The van der Waals surface area contributed by atoms with E-state index in [0.717, 1.165) is 11.4 Å². The molecule has 0 saturated carbocycles. The molecule has 2 unspecified atom stereocenters. The van der Waals surface area contributed by atoms with E-state index in [-0.39, 0.29) is 17.4 Å². The summed E-state index contributed by atoms with van der Waals surface area (Å²) >= 11 is 0. The van der Waals surface area contributed by atoms with E-state index in [4.69, 9.17) is 0 Å². The van der Waals surface area contributed by atoms with E-state index in [2.05, 4.69) is 228 Å². The molecular formula is C55H38N2. The molecule has 2 atom stereocenters. The van der Waals surface area contributed by atoms with Crippen LogP contribution >= 0.6 is 0 Å². The molecule has 2 heteroatoms. The highest BCUT2D eigenvalue weighted by molar-refractivity contribution is 6.00. The van der Waals surface area contributed by atoms with Gasteiger partial charge in [0.15, 0.2) is 0 Å². The largest absolute Gasteiger partial charge is 0.333 e. The summed E-state index contributed by atoms with van der Waals surface area (Å²) in [6.45, 7) is 0. The molecule has 2 nitrogen and oxygen atoms in total. The summed E-state index contributed by atoms with van der Waals surface area (Å²) in [5, 5.41) is 0. The first-order chi connectivity index (χ1) is 28.3. The number of anilines is 4. The Bertz CT molecular complexity index is 2880. The van der Waals surface area contributed by atoms with Crippen molar-refractivity contribution in [2.45, 2.75) is 17.4 Å². The van der Waals surface area contributed by atoms with E-state index in [9.17, 15) is 0 Å². The van der Waals surface area contributed by atoms with Crippen molar-refractivity contribution < 1.29 is 0 Å². The Hall–Kier alpha value is -7.16. The van der Waals surface area contributed by atoms with Gasteiger partial charge in [0.25, 0.3) is 0 Å². The smallest absolute Gasteiger partial charge is 0.0725 e. The number of allylic oxidation sites excluding steroid dienone is 2. The van der Waals surface area contributed by atoms with Gasteiger partial charge in [-0.2, -0.15) is 0 Å². The fraction of sp³-hybridized carbons (Fsp3) is 0.0545. The van der Waals surface area contributed by atoms with Gasteiger partial charge in [-0.25, -0.2) is 0 Å². The third-order valence-electron chi connectivity index (χ3n) is 12.8. The quantitative estimate of drug-likeness (QED) is 0.174. The van der Waals surface area contributed by atoms with E-state index in [0.29, 0.717) is 0 Å². The predicted octanol–water partition coefficient (Wildman–Crippen LogP) is 13.6. The third kappa shape index (κ3) is 4.47. The highest BCUT2D eigenvalue weighted by Crippen LogP contribution is 2.64. The minimum atomic E-state index is -0.359. The number of hydrogen-bond acceptors (Lipinski definition) is 2. The lowest BCUT2D eigenvalue weighted by Gasteiger charge is -2.37. The maximum atomic E-state index is 2.51. The predicted molar refractivity (Wildman–Crippen MR) is 236 cm³/mol. The van der Waals surface area contributed by atoms with Crippen LogP contribution in [0.3, 0.4) is 0 Å². The first-order valence-electron chi connectivity index (χ1n) is 20.0. The number of hydrogen-bond donors (Lipinski definition) is 0. The molecule has 1 heterocycles. The first-order valence-corrected chi connectivity index (χ1v) is 20.0. The molecule has 0 fully saturated rings. The van der Waals surface area contributed by atoms with Crippen LogP contribution in [-0.2, 0) is 5.41 Å². The van der Waals surface area contributed by atoms with Crippen LogP contribution in [-0.4, -0.2) is 6.04 Å². The van der Waals surface area contributed by atoms with Crippen molar-refractivity contribution in [3.8, 4) is 33.4 Å². The summed E-state index contributed by atoms with van der Waals surface area (Å²) < 4.78 is 0. The molecule has 1 spiro atoms. The van der Waals surface area contributed by atoms with Gasteiger partial charge < -0.3 is 9.80 Å². The zero-order valence-electron chi connectivity index (χ0n) is 31.3. The highest BCUT2D eigenvalue weighted by atomic mass is 15.2. The minimum Gasteiger partial charge on any atom is -0.333 e. The number of rotatable bonds is 5. The van der Waals surface area contributed by atoms with Crippen molar-refractivity contribution in [3.05, 3.63) is 252 Å². The normalized spacial score (nSPS) is 17.3. The molecule has 0 amide bonds. The van der Waals surface area contributed by atoms with Crippen molar-refractivity contribution >= 4 is 22.7 Å². The van der Waals surface area contributed by atoms with Crippen molar-refractivity contribution in [2.24, 2.45) is 0 Å². The summed E-state index contributed by atoms with van der Waals surface area (Å²) in [7, 11) is 0. The molecule has 12 rings (SSSR count). The van der Waals surface area contributed by atoms with Crippen LogP contribution in [0.1, 0.15) is 33.7 Å². The topological polar surface area (TPSA) is 6.48 Å². The van der Waals surface area contributed by atoms with Crippen LogP contribution in [0.4, 0.5) is 22.7 Å². The van der Waals surface area contributed by atoms with Gasteiger partial charge in [-0.15, -0.1) is 0 Å². The summed E-state index contributed by atoms with van der Waals surface area (Å²) in [5.74, 6) is 0.147. The van der Waals surface area contributed by atoms with E-state index >= 15 is 0 Å². The molecule has 8 aromatic carbocycles. The van der Waals surface area contributed by atoms with Gasteiger partial charge in [-0.1, -0.05) is 170 Å². The van der Waals surface area contributed by atoms with Crippen molar-refractivity contribution in [1.29, 1.82) is 0 Å². The Labute approximate surface area is 334 Å². The van der Waals surface area contributed by atoms with Gasteiger partial charge in [0, 0.05) is 28.4 Å². The third-order valence-corrected chi connectivity index (χ3v) is 12.8. The first kappa shape index (κ1) is 32.1. The molecule has 0 bridgehead atoms. The summed E-state index contributed by atoms with van der Waals surface area (Å²) in [4.78, 5) is 4.99. The van der Waals surface area contributed by atoms with Gasteiger partial charge >= 0.3 is 0 Å². The summed E-state index contributed by atoms with van der Waals surface area (Å²) in [5.41, 5.74) is 20.3. The molecule has 0 N–H and O–H groups in total. The van der Waals surface area contributed by atoms with Crippen LogP contribution < -0.4 is 9.80 Å². The van der Waals surface area contributed by atoms with Crippen LogP contribution in [0.15, 0.2) is 224 Å². The maximum absolute atomic E-state index is 2.51. The molecule has 0 aromatic heterocycles. The Kier molecular flexibility index (Phi) is 7.00. The van der Waals surface area contributed by atoms with Gasteiger partial charge in [0.1, 0.15) is 0 Å². The van der Waals surface area contributed by atoms with E-state index in [1.54, 1.807) is 0 Å². The molecule has 4 aliphatic rings. The molecule has 1 aliphatic heterocycles. The Morgan fingerprint density at radius 2 is 0.982 bits per heavy atom. The van der Waals surface area contributed by atoms with Crippen molar-refractivity contribution in [3.63, 3.8) is 0 Å². The van der Waals surface area contributed by atoms with Gasteiger partial charge in [-0.3, -0.25) is 0 Å². The number of nitrogens with zero attached hydrogens (tertiary/aromatic N) is 2. The number of fused-ring (bicyclic) bond motifs is 13. The minimum absolute atomic E-state index is 0.147. The second kappa shape index (κ2) is 12.4. The zero-order valence-corrected chi connectivity index (χ0v) is 31.3. The second-order valence-corrected chi connectivity index (χ2v) is 15.5. The summed E-state index contributed by atoms with van der Waals surface area (Å²) in [6.07, 6.45) is 6.95. The number of benzene rings is 8. The molecular weight excluding hydrogens is 689 g/mol. The van der Waals surface area contributed by atoms with Crippen molar-refractivity contribution in [2.75, 3.05) is 9.80 Å². The van der Waals surface area contributed by atoms with Crippen LogP contribution in [0.5, 0.6) is 0 Å². The molecule has 268 valence electrons. The lowest BCUT2D eigenvalue weighted by molar-refractivity contribution is 0.696. The average Bonchev–Trinajstić information content (AvgIpc) is 3.90. The van der Waals surface area contributed by atoms with Gasteiger partial charge in [0.05, 0.1) is 17.4 Å². The fourth-order valence-electron chi connectivity index (χ4n) is 10.7. The van der Waals surface area contributed by atoms with Crippen LogP contribution in [0.2, 0.25) is 0 Å². The van der Waals surface area contributed by atoms with Crippen molar-refractivity contribution in [1.82, 2.24) is 0 Å². The zero-order chi connectivity index (χ0) is 37.5. The van der Waals surface area contributed by atoms with E-state index in [1.165, 1.54) is 78.3 Å². The number of para-hydroxylation sites is 3. The van der Waals surface area contributed by atoms with Gasteiger partial charge in [0.2, 0.25) is 0 Å². The fourth-order valence-corrected chi connectivity index (χ4v) is 10.7. The van der Waals surface area contributed by atoms with E-state index < -0.39 is 0 Å². The monoisotopic (exact) mass is 726 g/mol. The standard InChI is InChI=1S/C55H38N2/c1-3-17-38(18-4-1)56(51-31-16-32-52-54(51)45-24-10-14-30-50(45)57(52)39-19-5-2-6-20-39)40-35-33-37(34-36-40)41-25-15-29-49-53(41)44-23-9-13-28-48(44)55(49)46-26-11-7-21-42(46)43-22-8-12-27-47(43)55/h1-36,52,54H. The molecule has 8 aromatic rings. The van der Waals surface area contributed by atoms with Gasteiger partial charge in [-0.05, 0) is 110 Å². The summed E-state index contributed by atoms with van der Waals surface area (Å²) in [6, 6.07) is 74.2. The Morgan fingerprint density at radius 3 is 1.70 bits per heavy atom. The highest BCUT2D eigenvalue weighted by Gasteiger charge is 2.52. The van der Waals surface area contributed by atoms with E-state index in [1.807, 2.05) is 0 Å².